The van der Waals surface area contributed by atoms with E-state index >= 15 is 0 Å². The Morgan fingerprint density at radius 3 is 1.12 bits per heavy atom. The zero-order valence-corrected chi connectivity index (χ0v) is 14.2. The fraction of sp³-hybridized carbons (Fsp3) is 0.182. The van der Waals surface area contributed by atoms with E-state index in [9.17, 15) is 0 Å². The number of rotatable bonds is 4. The lowest BCUT2D eigenvalue weighted by Crippen LogP contribution is -2.04. The van der Waals surface area contributed by atoms with Crippen LogP contribution in [0.5, 0.6) is 0 Å². The van der Waals surface area contributed by atoms with Crippen molar-refractivity contribution in [3.63, 3.8) is 0 Å². The molecule has 0 amide bonds. The summed E-state index contributed by atoms with van der Waals surface area (Å²) in [5, 5.41) is 0. The Balaban J connectivity index is 2.07. The zero-order chi connectivity index (χ0) is 17.1. The molecule has 0 aromatic heterocycles. The van der Waals surface area contributed by atoms with Crippen LogP contribution in [-0.4, -0.2) is 0 Å². The third-order valence-corrected chi connectivity index (χ3v) is 4.48. The van der Waals surface area contributed by atoms with Crippen molar-refractivity contribution in [2.24, 2.45) is 0 Å². The maximum absolute atomic E-state index is 5.86. The van der Waals surface area contributed by atoms with Gasteiger partial charge in [0, 0.05) is 17.3 Å². The molecule has 3 aromatic rings. The highest BCUT2D eigenvalue weighted by Crippen LogP contribution is 2.33. The SMILES string of the molecule is CC(C)c1ccc(C(c2ccc(N)cc2)c2ccc(N)cc2)cc1. The van der Waals surface area contributed by atoms with Crippen LogP contribution in [0.1, 0.15) is 47.9 Å². The second kappa shape index (κ2) is 6.79. The molecule has 0 saturated carbocycles. The molecule has 0 aliphatic carbocycles. The number of hydrogen-bond donors (Lipinski definition) is 2. The lowest BCUT2D eigenvalue weighted by molar-refractivity contribution is 0.862. The molecule has 0 aliphatic rings. The van der Waals surface area contributed by atoms with Crippen molar-refractivity contribution < 1.29 is 0 Å². The zero-order valence-electron chi connectivity index (χ0n) is 14.2. The molecule has 0 radical (unpaired) electrons. The summed E-state index contributed by atoms with van der Waals surface area (Å²) in [6.07, 6.45) is 0. The third-order valence-electron chi connectivity index (χ3n) is 4.48. The Bertz CT molecular complexity index is 739. The van der Waals surface area contributed by atoms with Gasteiger partial charge in [0.25, 0.3) is 0 Å². The normalized spacial score (nSPS) is 11.2. The summed E-state index contributed by atoms with van der Waals surface area (Å²) in [7, 11) is 0. The first-order chi connectivity index (χ1) is 11.5. The molecule has 122 valence electrons. The van der Waals surface area contributed by atoms with Crippen molar-refractivity contribution in [2.75, 3.05) is 11.5 Å². The van der Waals surface area contributed by atoms with E-state index in [-0.39, 0.29) is 5.92 Å². The predicted molar refractivity (Wildman–Crippen MR) is 103 cm³/mol. The summed E-state index contributed by atoms with van der Waals surface area (Å²) in [6, 6.07) is 25.2. The smallest absolute Gasteiger partial charge is 0.0340 e. The predicted octanol–water partition coefficient (Wildman–Crippen LogP) is 5.15. The molecule has 0 aliphatic heterocycles. The molecule has 0 heterocycles. The average molecular weight is 316 g/mol. The van der Waals surface area contributed by atoms with E-state index in [1.165, 1.54) is 22.3 Å². The molecule has 0 unspecified atom stereocenters. The highest BCUT2D eigenvalue weighted by Gasteiger charge is 2.17. The molecule has 24 heavy (non-hydrogen) atoms. The largest absolute Gasteiger partial charge is 0.399 e. The van der Waals surface area contributed by atoms with E-state index in [2.05, 4.69) is 62.4 Å². The van der Waals surface area contributed by atoms with Gasteiger partial charge >= 0.3 is 0 Å². The Morgan fingerprint density at radius 2 is 0.792 bits per heavy atom. The fourth-order valence-electron chi connectivity index (χ4n) is 3.03. The van der Waals surface area contributed by atoms with Crippen molar-refractivity contribution in [1.82, 2.24) is 0 Å². The van der Waals surface area contributed by atoms with Crippen LogP contribution in [0.25, 0.3) is 0 Å². The van der Waals surface area contributed by atoms with Gasteiger partial charge in [0.1, 0.15) is 0 Å². The molecule has 2 heteroatoms. The van der Waals surface area contributed by atoms with Gasteiger partial charge < -0.3 is 11.5 Å². The fourth-order valence-corrected chi connectivity index (χ4v) is 3.03. The minimum atomic E-state index is 0.174. The van der Waals surface area contributed by atoms with E-state index < -0.39 is 0 Å². The molecule has 0 spiro atoms. The van der Waals surface area contributed by atoms with E-state index in [1.807, 2.05) is 24.3 Å². The number of benzene rings is 3. The lowest BCUT2D eigenvalue weighted by atomic mass is 9.84. The Labute approximate surface area is 144 Å². The van der Waals surface area contributed by atoms with Crippen molar-refractivity contribution in [3.8, 4) is 0 Å². The van der Waals surface area contributed by atoms with Crippen LogP contribution in [0, 0.1) is 0 Å². The molecule has 2 nitrogen and oxygen atoms in total. The molecule has 0 atom stereocenters. The average Bonchev–Trinajstić information content (AvgIpc) is 2.59. The molecular weight excluding hydrogens is 292 g/mol. The summed E-state index contributed by atoms with van der Waals surface area (Å²) in [5.41, 5.74) is 18.4. The van der Waals surface area contributed by atoms with E-state index in [0.717, 1.165) is 11.4 Å². The number of nitrogen functional groups attached to an aromatic ring is 2. The molecule has 0 fully saturated rings. The van der Waals surface area contributed by atoms with Crippen LogP contribution in [0.2, 0.25) is 0 Å². The van der Waals surface area contributed by atoms with Crippen LogP contribution in [0.15, 0.2) is 72.8 Å². The summed E-state index contributed by atoms with van der Waals surface area (Å²) in [6.45, 7) is 4.43. The van der Waals surface area contributed by atoms with Crippen LogP contribution < -0.4 is 11.5 Å². The van der Waals surface area contributed by atoms with Gasteiger partial charge in [-0.1, -0.05) is 62.4 Å². The number of nitrogens with two attached hydrogens (primary N) is 2. The summed E-state index contributed by atoms with van der Waals surface area (Å²) in [5.74, 6) is 0.706. The topological polar surface area (TPSA) is 52.0 Å². The molecular formula is C22H24N2. The van der Waals surface area contributed by atoms with Gasteiger partial charge in [-0.2, -0.15) is 0 Å². The first-order valence-corrected chi connectivity index (χ1v) is 8.35. The third kappa shape index (κ3) is 3.43. The first kappa shape index (κ1) is 16.1. The van der Waals surface area contributed by atoms with Crippen LogP contribution in [-0.2, 0) is 0 Å². The van der Waals surface area contributed by atoms with Gasteiger partial charge in [0.2, 0.25) is 0 Å². The summed E-state index contributed by atoms with van der Waals surface area (Å²) >= 11 is 0. The Morgan fingerprint density at radius 1 is 0.500 bits per heavy atom. The van der Waals surface area contributed by atoms with Gasteiger partial charge in [-0.3, -0.25) is 0 Å². The van der Waals surface area contributed by atoms with E-state index in [0.29, 0.717) is 5.92 Å². The molecule has 0 saturated heterocycles. The Kier molecular flexibility index (Phi) is 4.57. The summed E-state index contributed by atoms with van der Waals surface area (Å²) < 4.78 is 0. The molecule has 4 N–H and O–H groups in total. The summed E-state index contributed by atoms with van der Waals surface area (Å²) in [4.78, 5) is 0. The van der Waals surface area contributed by atoms with Crippen molar-refractivity contribution >= 4 is 11.4 Å². The monoisotopic (exact) mass is 316 g/mol. The Hall–Kier alpha value is -2.74. The lowest BCUT2D eigenvalue weighted by Gasteiger charge is -2.20. The van der Waals surface area contributed by atoms with Crippen molar-refractivity contribution in [2.45, 2.75) is 25.7 Å². The number of anilines is 2. The van der Waals surface area contributed by atoms with Crippen molar-refractivity contribution in [3.05, 3.63) is 95.1 Å². The maximum atomic E-state index is 5.86. The van der Waals surface area contributed by atoms with Gasteiger partial charge in [-0.15, -0.1) is 0 Å². The minimum Gasteiger partial charge on any atom is -0.399 e. The molecule has 3 aromatic carbocycles. The second-order valence-electron chi connectivity index (χ2n) is 6.59. The van der Waals surface area contributed by atoms with Crippen molar-refractivity contribution in [1.29, 1.82) is 0 Å². The quantitative estimate of drug-likeness (QED) is 0.516. The van der Waals surface area contributed by atoms with Crippen LogP contribution >= 0.6 is 0 Å². The standard InChI is InChI=1S/C22H24N2/c1-15(2)16-3-5-17(6-4-16)22(18-7-11-20(23)12-8-18)19-9-13-21(24)14-10-19/h3-15,22H,23-24H2,1-2H3. The highest BCUT2D eigenvalue weighted by atomic mass is 14.5. The van der Waals surface area contributed by atoms with E-state index in [4.69, 9.17) is 11.5 Å². The first-order valence-electron chi connectivity index (χ1n) is 8.35. The van der Waals surface area contributed by atoms with Crippen LogP contribution in [0.3, 0.4) is 0 Å². The molecule has 3 rings (SSSR count). The highest BCUT2D eigenvalue weighted by molar-refractivity contribution is 5.50. The maximum Gasteiger partial charge on any atom is 0.0340 e. The van der Waals surface area contributed by atoms with Gasteiger partial charge in [-0.25, -0.2) is 0 Å². The second-order valence-corrected chi connectivity index (χ2v) is 6.59. The van der Waals surface area contributed by atoms with Gasteiger partial charge in [0.15, 0.2) is 0 Å². The van der Waals surface area contributed by atoms with E-state index in [1.54, 1.807) is 0 Å². The number of hydrogen-bond acceptors (Lipinski definition) is 2. The van der Waals surface area contributed by atoms with Crippen LogP contribution in [0.4, 0.5) is 11.4 Å². The van der Waals surface area contributed by atoms with Gasteiger partial charge in [0.05, 0.1) is 0 Å². The minimum absolute atomic E-state index is 0.174. The van der Waals surface area contributed by atoms with Gasteiger partial charge in [-0.05, 0) is 52.4 Å². The molecule has 0 bridgehead atoms.